The zero-order chi connectivity index (χ0) is 15.8. The molecule has 0 spiro atoms. The second-order valence-corrected chi connectivity index (χ2v) is 5.68. The van der Waals surface area contributed by atoms with Crippen molar-refractivity contribution in [3.8, 4) is 5.88 Å². The van der Waals surface area contributed by atoms with Gasteiger partial charge in [0.1, 0.15) is 6.61 Å². The summed E-state index contributed by atoms with van der Waals surface area (Å²) in [6.07, 6.45) is 2.69. The summed E-state index contributed by atoms with van der Waals surface area (Å²) in [5.41, 5.74) is 0. The molecule has 2 rings (SSSR count). The number of pyridine rings is 1. The molecule has 1 aliphatic heterocycles. The van der Waals surface area contributed by atoms with E-state index in [-0.39, 0.29) is 24.0 Å². The minimum absolute atomic E-state index is 0. The molecule has 1 unspecified atom stereocenters. The largest absolute Gasteiger partial charge is 0.476 e. The van der Waals surface area contributed by atoms with Crippen LogP contribution in [0.2, 0.25) is 5.02 Å². The predicted octanol–water partition coefficient (Wildman–Crippen LogP) is 2.28. The molecular weight excluding hydrogens is 431 g/mol. The number of aromatic nitrogens is 1. The molecule has 23 heavy (non-hydrogen) atoms. The van der Waals surface area contributed by atoms with Crippen LogP contribution in [0.3, 0.4) is 0 Å². The van der Waals surface area contributed by atoms with E-state index in [0.29, 0.717) is 30.0 Å². The van der Waals surface area contributed by atoms with Crippen molar-refractivity contribution in [2.45, 2.75) is 6.42 Å². The van der Waals surface area contributed by atoms with Gasteiger partial charge in [-0.15, -0.1) is 24.0 Å². The molecule has 1 aromatic rings. The van der Waals surface area contributed by atoms with Crippen molar-refractivity contribution in [1.82, 2.24) is 15.2 Å². The Labute approximate surface area is 159 Å². The number of halogens is 2. The summed E-state index contributed by atoms with van der Waals surface area (Å²) < 4.78 is 10.9. The predicted molar refractivity (Wildman–Crippen MR) is 103 cm³/mol. The molecule has 8 heteroatoms. The van der Waals surface area contributed by atoms with Crippen LogP contribution in [0.4, 0.5) is 0 Å². The molecule has 0 aliphatic carbocycles. The summed E-state index contributed by atoms with van der Waals surface area (Å²) in [6.45, 7) is 3.81. The lowest BCUT2D eigenvalue weighted by atomic mass is 10.1. The number of rotatable bonds is 6. The molecule has 0 aromatic carbocycles. The molecule has 0 radical (unpaired) electrons. The van der Waals surface area contributed by atoms with Crippen LogP contribution in [-0.4, -0.2) is 62.8 Å². The SMILES string of the molecule is CN=C(NCCOc1ccc(Cl)cn1)N(C)CC1CCOC1.I. The van der Waals surface area contributed by atoms with E-state index in [4.69, 9.17) is 21.1 Å². The first kappa shape index (κ1) is 20.2. The molecule has 1 fully saturated rings. The Bertz CT molecular complexity index is 481. The summed E-state index contributed by atoms with van der Waals surface area (Å²) in [5.74, 6) is 2.01. The van der Waals surface area contributed by atoms with E-state index < -0.39 is 0 Å². The van der Waals surface area contributed by atoms with Gasteiger partial charge in [-0.1, -0.05) is 11.6 Å². The molecule has 0 bridgehead atoms. The third kappa shape index (κ3) is 7.09. The highest BCUT2D eigenvalue weighted by Gasteiger charge is 2.18. The van der Waals surface area contributed by atoms with Gasteiger partial charge in [-0.2, -0.15) is 0 Å². The second-order valence-electron chi connectivity index (χ2n) is 5.25. The molecule has 1 saturated heterocycles. The molecular formula is C15H24ClIN4O2. The van der Waals surface area contributed by atoms with Gasteiger partial charge in [0.25, 0.3) is 0 Å². The quantitative estimate of drug-likeness (QED) is 0.309. The van der Waals surface area contributed by atoms with Crippen LogP contribution >= 0.6 is 35.6 Å². The number of nitrogens with one attached hydrogen (secondary N) is 1. The first-order valence-corrected chi connectivity index (χ1v) is 7.80. The average Bonchev–Trinajstić information content (AvgIpc) is 3.02. The van der Waals surface area contributed by atoms with Crippen LogP contribution in [-0.2, 0) is 4.74 Å². The average molecular weight is 455 g/mol. The van der Waals surface area contributed by atoms with Crippen molar-refractivity contribution in [2.24, 2.45) is 10.9 Å². The van der Waals surface area contributed by atoms with Gasteiger partial charge in [0.15, 0.2) is 5.96 Å². The maximum atomic E-state index is 5.78. The van der Waals surface area contributed by atoms with Gasteiger partial charge in [-0.05, 0) is 12.5 Å². The Kier molecular flexibility index (Phi) is 9.57. The molecule has 1 aromatic heterocycles. The zero-order valence-corrected chi connectivity index (χ0v) is 16.6. The zero-order valence-electron chi connectivity index (χ0n) is 13.5. The maximum Gasteiger partial charge on any atom is 0.213 e. The second kappa shape index (κ2) is 10.9. The Morgan fingerprint density at radius 3 is 3.00 bits per heavy atom. The van der Waals surface area contributed by atoms with E-state index in [2.05, 4.69) is 20.2 Å². The first-order chi connectivity index (χ1) is 10.7. The fourth-order valence-corrected chi connectivity index (χ4v) is 2.46. The van der Waals surface area contributed by atoms with Crippen molar-refractivity contribution in [3.05, 3.63) is 23.4 Å². The lowest BCUT2D eigenvalue weighted by molar-refractivity contribution is 0.181. The van der Waals surface area contributed by atoms with Gasteiger partial charge in [-0.25, -0.2) is 4.98 Å². The Hall–Kier alpha value is -0.800. The minimum Gasteiger partial charge on any atom is -0.476 e. The van der Waals surface area contributed by atoms with Crippen molar-refractivity contribution in [1.29, 1.82) is 0 Å². The van der Waals surface area contributed by atoms with Gasteiger partial charge in [0, 0.05) is 45.4 Å². The smallest absolute Gasteiger partial charge is 0.213 e. The summed E-state index contributed by atoms with van der Waals surface area (Å²) in [5, 5.41) is 3.88. The standard InChI is InChI=1S/C15H23ClN4O2.HI/c1-17-15(20(2)10-12-5-7-21-11-12)18-6-8-22-14-4-3-13(16)9-19-14;/h3-4,9,12H,5-8,10-11H2,1-2H3,(H,17,18);1H. The number of aliphatic imine (C=N–C) groups is 1. The fraction of sp³-hybridized carbons (Fsp3) is 0.600. The first-order valence-electron chi connectivity index (χ1n) is 7.43. The summed E-state index contributed by atoms with van der Waals surface area (Å²) in [4.78, 5) is 10.5. The van der Waals surface area contributed by atoms with Gasteiger partial charge in [0.05, 0.1) is 18.2 Å². The van der Waals surface area contributed by atoms with Gasteiger partial charge >= 0.3 is 0 Å². The number of hydrogen-bond acceptors (Lipinski definition) is 4. The van der Waals surface area contributed by atoms with Gasteiger partial charge < -0.3 is 19.7 Å². The molecule has 1 aliphatic rings. The molecule has 0 saturated carbocycles. The summed E-state index contributed by atoms with van der Waals surface area (Å²) in [6, 6.07) is 3.51. The fourth-order valence-electron chi connectivity index (χ4n) is 2.35. The number of ether oxygens (including phenoxy) is 2. The third-order valence-electron chi connectivity index (χ3n) is 3.46. The van der Waals surface area contributed by atoms with E-state index in [9.17, 15) is 0 Å². The highest BCUT2D eigenvalue weighted by atomic mass is 127. The maximum absolute atomic E-state index is 5.78. The lowest BCUT2D eigenvalue weighted by Crippen LogP contribution is -2.42. The Balaban J connectivity index is 0.00000264. The lowest BCUT2D eigenvalue weighted by Gasteiger charge is -2.24. The molecule has 6 nitrogen and oxygen atoms in total. The number of nitrogens with zero attached hydrogens (tertiary/aromatic N) is 3. The normalized spacial score (nSPS) is 17.5. The van der Waals surface area contributed by atoms with Crippen LogP contribution in [0.15, 0.2) is 23.3 Å². The molecule has 0 amide bonds. The number of guanidine groups is 1. The molecule has 1 N–H and O–H groups in total. The Morgan fingerprint density at radius 1 is 1.57 bits per heavy atom. The van der Waals surface area contributed by atoms with E-state index in [1.807, 2.05) is 7.05 Å². The van der Waals surface area contributed by atoms with Crippen molar-refractivity contribution in [3.63, 3.8) is 0 Å². The molecule has 1 atom stereocenters. The van der Waals surface area contributed by atoms with E-state index in [1.165, 1.54) is 0 Å². The van der Waals surface area contributed by atoms with E-state index >= 15 is 0 Å². The van der Waals surface area contributed by atoms with Crippen molar-refractivity contribution in [2.75, 3.05) is 47.0 Å². The van der Waals surface area contributed by atoms with Crippen LogP contribution in [0.1, 0.15) is 6.42 Å². The summed E-state index contributed by atoms with van der Waals surface area (Å²) in [7, 11) is 3.82. The van der Waals surface area contributed by atoms with Gasteiger partial charge in [-0.3, -0.25) is 4.99 Å². The van der Waals surface area contributed by atoms with E-state index in [0.717, 1.165) is 32.1 Å². The third-order valence-corrected chi connectivity index (χ3v) is 3.69. The number of hydrogen-bond donors (Lipinski definition) is 1. The molecule has 2 heterocycles. The topological polar surface area (TPSA) is 59.0 Å². The van der Waals surface area contributed by atoms with Crippen LogP contribution in [0.5, 0.6) is 5.88 Å². The van der Waals surface area contributed by atoms with Crippen LogP contribution in [0, 0.1) is 5.92 Å². The van der Waals surface area contributed by atoms with Crippen molar-refractivity contribution < 1.29 is 9.47 Å². The molecule has 130 valence electrons. The minimum atomic E-state index is 0. The summed E-state index contributed by atoms with van der Waals surface area (Å²) >= 11 is 5.78. The van der Waals surface area contributed by atoms with Crippen LogP contribution < -0.4 is 10.1 Å². The van der Waals surface area contributed by atoms with Gasteiger partial charge in [0.2, 0.25) is 5.88 Å². The van der Waals surface area contributed by atoms with E-state index in [1.54, 1.807) is 25.4 Å². The van der Waals surface area contributed by atoms with Crippen LogP contribution in [0.25, 0.3) is 0 Å². The van der Waals surface area contributed by atoms with Crippen molar-refractivity contribution >= 4 is 41.5 Å². The highest BCUT2D eigenvalue weighted by molar-refractivity contribution is 14.0. The Morgan fingerprint density at radius 2 is 2.39 bits per heavy atom. The highest BCUT2D eigenvalue weighted by Crippen LogP contribution is 2.13. The monoisotopic (exact) mass is 454 g/mol.